The van der Waals surface area contributed by atoms with E-state index in [4.69, 9.17) is 0 Å². The molecule has 1 rings (SSSR count). The first-order valence-corrected chi connectivity index (χ1v) is 12.5. The van der Waals surface area contributed by atoms with E-state index < -0.39 is 0 Å². The quantitative estimate of drug-likeness (QED) is 0.230. The van der Waals surface area contributed by atoms with Gasteiger partial charge in [-0.15, -0.1) is 0 Å². The van der Waals surface area contributed by atoms with Crippen LogP contribution < -0.4 is 25.0 Å². The van der Waals surface area contributed by atoms with E-state index in [0.29, 0.717) is 6.42 Å². The first-order valence-electron chi connectivity index (χ1n) is 10.3. The van der Waals surface area contributed by atoms with Gasteiger partial charge in [-0.05, 0) is 0 Å². The average molecular weight is 458 g/mol. The maximum absolute atomic E-state index is 11.8. The van der Waals surface area contributed by atoms with Gasteiger partial charge in [-0.2, -0.15) is 0 Å². The molecule has 1 aromatic rings. The Kier molecular flexibility index (Phi) is 15.2. The third-order valence-corrected chi connectivity index (χ3v) is 6.72. The van der Waals surface area contributed by atoms with Crippen LogP contribution in [0, 0.1) is 3.57 Å². The number of rotatable bonds is 16. The van der Waals surface area contributed by atoms with E-state index in [1.165, 1.54) is 80.6 Å². The molecule has 0 spiro atoms. The van der Waals surface area contributed by atoms with Gasteiger partial charge in [0.2, 0.25) is 0 Å². The van der Waals surface area contributed by atoms with Gasteiger partial charge in [-0.25, -0.2) is 0 Å². The Morgan fingerprint density at radius 3 is 1.76 bits per heavy atom. The number of carbonyl (C=O) groups excluding carboxylic acids is 1. The van der Waals surface area contributed by atoms with E-state index in [1.807, 2.05) is 18.2 Å². The molecule has 1 amide bonds. The summed E-state index contributed by atoms with van der Waals surface area (Å²) < 4.78 is 4.39. The summed E-state index contributed by atoms with van der Waals surface area (Å²) in [7, 11) is 0. The maximum atomic E-state index is 11.8. The predicted molar refractivity (Wildman–Crippen MR) is 104 cm³/mol. The summed E-state index contributed by atoms with van der Waals surface area (Å²) in [6, 6.07) is 10.3. The van der Waals surface area contributed by atoms with Crippen LogP contribution in [0.15, 0.2) is 30.3 Å². The minimum atomic E-state index is -0.357. The number of amides is 1. The Bertz CT molecular complexity index is 421. The molecule has 3 heteroatoms. The summed E-state index contributed by atoms with van der Waals surface area (Å²) in [5, 5.41) is 0. The second-order valence-corrected chi connectivity index (χ2v) is 9.22. The van der Waals surface area contributed by atoms with Crippen molar-refractivity contribution in [3.05, 3.63) is 33.9 Å². The zero-order valence-corrected chi connectivity index (χ0v) is 18.2. The van der Waals surface area contributed by atoms with Crippen molar-refractivity contribution >= 4 is 5.91 Å². The molecule has 0 aliphatic heterocycles. The molecular weight excluding hydrogens is 421 g/mol. The number of unbranched alkanes of at least 4 members (excludes halogenated alkanes) is 12. The van der Waals surface area contributed by atoms with Gasteiger partial charge < -0.3 is 0 Å². The fourth-order valence-corrected chi connectivity index (χ4v) is 4.59. The third kappa shape index (κ3) is 14.3. The normalized spacial score (nSPS) is 10.9. The van der Waals surface area contributed by atoms with Crippen molar-refractivity contribution < 1.29 is 26.3 Å². The molecule has 0 saturated heterocycles. The van der Waals surface area contributed by atoms with E-state index in [9.17, 15) is 4.79 Å². The molecule has 0 aliphatic rings. The van der Waals surface area contributed by atoms with Crippen molar-refractivity contribution in [3.63, 3.8) is 0 Å². The van der Waals surface area contributed by atoms with Gasteiger partial charge in [0.1, 0.15) is 0 Å². The van der Waals surface area contributed by atoms with Crippen LogP contribution >= 0.6 is 0 Å². The first kappa shape index (κ1) is 22.5. The molecule has 0 aliphatic carbocycles. The van der Waals surface area contributed by atoms with E-state index in [-0.39, 0.29) is 27.4 Å². The fourth-order valence-electron chi connectivity index (χ4n) is 2.94. The van der Waals surface area contributed by atoms with Crippen LogP contribution in [0.25, 0.3) is 0 Å². The van der Waals surface area contributed by atoms with Crippen molar-refractivity contribution in [2.75, 3.05) is 0 Å². The number of benzene rings is 1. The van der Waals surface area contributed by atoms with Crippen LogP contribution in [0.3, 0.4) is 0 Å². The molecular formula is C22H37INO-. The molecule has 0 fully saturated rings. The third-order valence-electron chi connectivity index (χ3n) is 4.50. The van der Waals surface area contributed by atoms with Gasteiger partial charge in [-0.3, -0.25) is 0 Å². The number of hydrogen-bond donors (Lipinski definition) is 1. The first-order chi connectivity index (χ1) is 12.3. The van der Waals surface area contributed by atoms with Gasteiger partial charge in [0.05, 0.1) is 0 Å². The van der Waals surface area contributed by atoms with Gasteiger partial charge in [0, 0.05) is 0 Å². The summed E-state index contributed by atoms with van der Waals surface area (Å²) in [6.45, 7) is 2.28. The molecule has 0 bridgehead atoms. The number of carbonyl (C=O) groups is 1. The van der Waals surface area contributed by atoms with E-state index >= 15 is 0 Å². The fraction of sp³-hybridized carbons (Fsp3) is 0.682. The van der Waals surface area contributed by atoms with Crippen molar-refractivity contribution in [2.45, 2.75) is 96.8 Å². The van der Waals surface area contributed by atoms with Crippen LogP contribution in [-0.2, 0) is 4.79 Å². The molecule has 0 radical (unpaired) electrons. The van der Waals surface area contributed by atoms with Crippen molar-refractivity contribution in [3.8, 4) is 0 Å². The summed E-state index contributed by atoms with van der Waals surface area (Å²) in [5.74, 6) is 0.236. The van der Waals surface area contributed by atoms with E-state index in [0.717, 1.165) is 6.42 Å². The summed E-state index contributed by atoms with van der Waals surface area (Å²) in [4.78, 5) is 11.8. The Hall–Kier alpha value is -0.580. The van der Waals surface area contributed by atoms with Crippen LogP contribution in [0.4, 0.5) is 0 Å². The molecule has 0 saturated carbocycles. The monoisotopic (exact) mass is 458 g/mol. The van der Waals surface area contributed by atoms with Gasteiger partial charge >= 0.3 is 134 Å². The molecule has 1 aromatic carbocycles. The van der Waals surface area contributed by atoms with Crippen LogP contribution in [0.1, 0.15) is 96.8 Å². The van der Waals surface area contributed by atoms with E-state index in [2.05, 4.69) is 22.6 Å². The number of hydrogen-bond acceptors (Lipinski definition) is 1. The molecule has 0 atom stereocenters. The number of halogens is 1. The van der Waals surface area contributed by atoms with Crippen molar-refractivity contribution in [2.24, 2.45) is 0 Å². The summed E-state index contributed by atoms with van der Waals surface area (Å²) in [6.07, 6.45) is 18.2. The van der Waals surface area contributed by atoms with Gasteiger partial charge in [0.25, 0.3) is 0 Å². The topological polar surface area (TPSA) is 29.1 Å². The summed E-state index contributed by atoms with van der Waals surface area (Å²) >= 11 is -0.357. The molecule has 0 heterocycles. The Morgan fingerprint density at radius 1 is 0.760 bits per heavy atom. The van der Waals surface area contributed by atoms with Crippen molar-refractivity contribution in [1.29, 1.82) is 0 Å². The SMILES string of the molecule is CCCCCCCCCCCCCCCC(=O)N[I-]c1ccccc1. The summed E-state index contributed by atoms with van der Waals surface area (Å²) in [5.41, 5.74) is 0. The van der Waals surface area contributed by atoms with Gasteiger partial charge in [0.15, 0.2) is 0 Å². The molecule has 1 N–H and O–H groups in total. The van der Waals surface area contributed by atoms with Crippen LogP contribution in [0.5, 0.6) is 0 Å². The Morgan fingerprint density at radius 2 is 1.24 bits per heavy atom. The molecule has 25 heavy (non-hydrogen) atoms. The second kappa shape index (κ2) is 16.9. The van der Waals surface area contributed by atoms with Gasteiger partial charge in [-0.1, -0.05) is 32.6 Å². The standard InChI is InChI=1S/C22H37INO/c1-2-3-4-5-6-7-8-9-10-11-12-13-17-20-22(25)24-23-21-18-15-14-16-19-21/h14-16,18-19H,2-13,17,20H2,1H3,(H,24,25)/q-1. The zero-order chi connectivity index (χ0) is 18.0. The minimum absolute atomic E-state index is 0.236. The molecule has 0 unspecified atom stereocenters. The second-order valence-electron chi connectivity index (χ2n) is 6.90. The molecule has 0 aromatic heterocycles. The van der Waals surface area contributed by atoms with Crippen molar-refractivity contribution in [1.82, 2.24) is 3.53 Å². The zero-order valence-electron chi connectivity index (χ0n) is 16.1. The van der Waals surface area contributed by atoms with Crippen LogP contribution in [-0.4, -0.2) is 5.91 Å². The predicted octanol–water partition coefficient (Wildman–Crippen LogP) is 3.46. The molecule has 2 nitrogen and oxygen atoms in total. The Balaban J connectivity index is 1.80. The van der Waals surface area contributed by atoms with Crippen LogP contribution in [0.2, 0.25) is 0 Å². The average Bonchev–Trinajstić information content (AvgIpc) is 2.64. The molecule has 144 valence electrons. The van der Waals surface area contributed by atoms with E-state index in [1.54, 1.807) is 0 Å². The Labute approximate surface area is 166 Å². The number of nitrogens with one attached hydrogen (secondary N) is 1.